The van der Waals surface area contributed by atoms with E-state index in [9.17, 15) is 4.79 Å². The Hall–Kier alpha value is -2.59. The Morgan fingerprint density at radius 1 is 1.14 bits per heavy atom. The number of nitrogens with two attached hydrogens (primary N) is 1. The number of fused-ring (bicyclic) bond motifs is 2. The number of hydrogen-bond acceptors (Lipinski definition) is 3. The van der Waals surface area contributed by atoms with E-state index in [1.807, 2.05) is 54.6 Å². The molecule has 110 valence electrons. The third kappa shape index (κ3) is 2.09. The summed E-state index contributed by atoms with van der Waals surface area (Å²) < 4.78 is 5.80. The highest BCUT2D eigenvalue weighted by atomic mass is 16.3. The molecule has 0 radical (unpaired) electrons. The van der Waals surface area contributed by atoms with E-state index < -0.39 is 0 Å². The molecule has 1 atom stereocenters. The molecule has 22 heavy (non-hydrogen) atoms. The third-order valence-electron chi connectivity index (χ3n) is 4.11. The quantitative estimate of drug-likeness (QED) is 0.807. The van der Waals surface area contributed by atoms with Crippen molar-refractivity contribution in [2.45, 2.75) is 12.5 Å². The Bertz CT molecular complexity index is 820. The van der Waals surface area contributed by atoms with Gasteiger partial charge in [-0.1, -0.05) is 36.4 Å². The van der Waals surface area contributed by atoms with Crippen LogP contribution < -0.4 is 10.6 Å². The number of anilines is 1. The van der Waals surface area contributed by atoms with Crippen LogP contribution in [0, 0.1) is 0 Å². The maximum absolute atomic E-state index is 12.2. The lowest BCUT2D eigenvalue weighted by Crippen LogP contribution is -2.34. The predicted octanol–water partition coefficient (Wildman–Crippen LogP) is 3.02. The van der Waals surface area contributed by atoms with E-state index in [2.05, 4.69) is 0 Å². The molecule has 4 heteroatoms. The van der Waals surface area contributed by atoms with Gasteiger partial charge in [-0.3, -0.25) is 4.79 Å². The number of furan rings is 1. The fourth-order valence-corrected chi connectivity index (χ4v) is 2.99. The van der Waals surface area contributed by atoms with Crippen LogP contribution in [0.1, 0.15) is 17.4 Å². The van der Waals surface area contributed by atoms with Crippen molar-refractivity contribution in [1.82, 2.24) is 0 Å². The van der Waals surface area contributed by atoms with Gasteiger partial charge in [0.05, 0.1) is 12.5 Å². The molecule has 2 heterocycles. The highest BCUT2D eigenvalue weighted by molar-refractivity contribution is 6.01. The molecule has 1 aliphatic heterocycles. The molecule has 1 aliphatic rings. The zero-order chi connectivity index (χ0) is 15.1. The highest BCUT2D eigenvalue weighted by Crippen LogP contribution is 2.31. The van der Waals surface area contributed by atoms with Gasteiger partial charge in [0, 0.05) is 17.6 Å². The summed E-state index contributed by atoms with van der Waals surface area (Å²) in [5.41, 5.74) is 9.11. The van der Waals surface area contributed by atoms with Crippen LogP contribution in [0.15, 0.2) is 59.0 Å². The molecule has 3 aromatic rings. The monoisotopic (exact) mass is 292 g/mol. The number of hydrogen-bond donors (Lipinski definition) is 1. The second-order valence-corrected chi connectivity index (χ2v) is 5.60. The van der Waals surface area contributed by atoms with Gasteiger partial charge in [0.15, 0.2) is 0 Å². The number of amides is 1. The maximum Gasteiger partial charge on any atom is 0.231 e. The largest absolute Gasteiger partial charge is 0.459 e. The van der Waals surface area contributed by atoms with E-state index in [0.29, 0.717) is 18.7 Å². The molecule has 0 spiro atoms. The van der Waals surface area contributed by atoms with Gasteiger partial charge in [-0.2, -0.15) is 0 Å². The minimum atomic E-state index is -0.345. The zero-order valence-corrected chi connectivity index (χ0v) is 12.0. The first-order valence-corrected chi connectivity index (χ1v) is 7.35. The second-order valence-electron chi connectivity index (χ2n) is 5.60. The van der Waals surface area contributed by atoms with Crippen molar-refractivity contribution in [3.8, 4) is 0 Å². The first kappa shape index (κ1) is 13.1. The molecule has 0 bridgehead atoms. The van der Waals surface area contributed by atoms with Crippen LogP contribution in [0.25, 0.3) is 11.0 Å². The average molecular weight is 292 g/mol. The van der Waals surface area contributed by atoms with Crippen molar-refractivity contribution in [1.29, 1.82) is 0 Å². The molecule has 4 rings (SSSR count). The summed E-state index contributed by atoms with van der Waals surface area (Å²) in [5.74, 6) is 0.797. The minimum Gasteiger partial charge on any atom is -0.459 e. The van der Waals surface area contributed by atoms with Gasteiger partial charge in [-0.15, -0.1) is 0 Å². The zero-order valence-electron chi connectivity index (χ0n) is 12.0. The summed E-state index contributed by atoms with van der Waals surface area (Å²) in [6.45, 7) is 0.426. The number of rotatable bonds is 3. The van der Waals surface area contributed by atoms with Crippen molar-refractivity contribution in [3.63, 3.8) is 0 Å². The predicted molar refractivity (Wildman–Crippen MR) is 85.6 cm³/mol. The highest BCUT2D eigenvalue weighted by Gasteiger charge is 2.29. The van der Waals surface area contributed by atoms with Gasteiger partial charge < -0.3 is 15.1 Å². The van der Waals surface area contributed by atoms with Crippen LogP contribution in [0.5, 0.6) is 0 Å². The lowest BCUT2D eigenvalue weighted by Gasteiger charge is -2.20. The van der Waals surface area contributed by atoms with Crippen LogP contribution in [0.2, 0.25) is 0 Å². The van der Waals surface area contributed by atoms with E-state index in [0.717, 1.165) is 22.2 Å². The van der Waals surface area contributed by atoms with E-state index >= 15 is 0 Å². The molecule has 0 saturated carbocycles. The fraction of sp³-hybridized carbons (Fsp3) is 0.167. The molecule has 1 unspecified atom stereocenters. The van der Waals surface area contributed by atoms with Crippen LogP contribution in [-0.4, -0.2) is 12.5 Å². The Labute approximate surface area is 128 Å². The third-order valence-corrected chi connectivity index (χ3v) is 4.11. The molecular formula is C18H16N2O2. The SMILES string of the molecule is NC(CN1C(=O)Cc2ccccc21)c1cc2ccccc2o1. The maximum atomic E-state index is 12.2. The molecule has 2 aromatic carbocycles. The van der Waals surface area contributed by atoms with Crippen molar-refractivity contribution < 1.29 is 9.21 Å². The van der Waals surface area contributed by atoms with Gasteiger partial charge in [0.1, 0.15) is 11.3 Å². The standard InChI is InChI=1S/C18H16N2O2/c19-14(17-9-13-6-2-4-8-16(13)22-17)11-20-15-7-3-1-5-12(15)10-18(20)21/h1-9,14H,10-11,19H2. The number of carbonyl (C=O) groups excluding carboxylic acids is 1. The summed E-state index contributed by atoms with van der Waals surface area (Å²) in [7, 11) is 0. The fourth-order valence-electron chi connectivity index (χ4n) is 2.99. The van der Waals surface area contributed by atoms with Crippen LogP contribution in [-0.2, 0) is 11.2 Å². The van der Waals surface area contributed by atoms with Gasteiger partial charge >= 0.3 is 0 Å². The molecule has 1 aromatic heterocycles. The number of para-hydroxylation sites is 2. The first-order valence-electron chi connectivity index (χ1n) is 7.35. The van der Waals surface area contributed by atoms with Gasteiger partial charge in [0.25, 0.3) is 0 Å². The Morgan fingerprint density at radius 3 is 2.77 bits per heavy atom. The first-order chi connectivity index (χ1) is 10.7. The van der Waals surface area contributed by atoms with E-state index in [1.165, 1.54) is 0 Å². The van der Waals surface area contributed by atoms with E-state index in [1.54, 1.807) is 4.90 Å². The Morgan fingerprint density at radius 2 is 1.91 bits per heavy atom. The molecule has 4 nitrogen and oxygen atoms in total. The average Bonchev–Trinajstić information content (AvgIpc) is 3.09. The molecule has 0 aliphatic carbocycles. The van der Waals surface area contributed by atoms with Gasteiger partial charge in [-0.05, 0) is 23.8 Å². The smallest absolute Gasteiger partial charge is 0.231 e. The van der Waals surface area contributed by atoms with Gasteiger partial charge in [0.2, 0.25) is 5.91 Å². The number of benzene rings is 2. The Balaban J connectivity index is 1.62. The van der Waals surface area contributed by atoms with Crippen LogP contribution in [0.4, 0.5) is 5.69 Å². The summed E-state index contributed by atoms with van der Waals surface area (Å²) >= 11 is 0. The second kappa shape index (κ2) is 5.00. The molecular weight excluding hydrogens is 276 g/mol. The number of nitrogens with zero attached hydrogens (tertiary/aromatic N) is 1. The lowest BCUT2D eigenvalue weighted by atomic mass is 10.1. The van der Waals surface area contributed by atoms with Crippen molar-refractivity contribution in [3.05, 3.63) is 65.9 Å². The summed E-state index contributed by atoms with van der Waals surface area (Å²) in [4.78, 5) is 14.0. The Kier molecular flexibility index (Phi) is 2.98. The topological polar surface area (TPSA) is 59.5 Å². The summed E-state index contributed by atoms with van der Waals surface area (Å²) in [6, 6.07) is 17.3. The van der Waals surface area contributed by atoms with E-state index in [-0.39, 0.29) is 11.9 Å². The lowest BCUT2D eigenvalue weighted by molar-refractivity contribution is -0.117. The van der Waals surface area contributed by atoms with E-state index in [4.69, 9.17) is 10.2 Å². The van der Waals surface area contributed by atoms with Crippen LogP contribution >= 0.6 is 0 Å². The van der Waals surface area contributed by atoms with Crippen molar-refractivity contribution >= 4 is 22.6 Å². The molecule has 0 saturated heterocycles. The van der Waals surface area contributed by atoms with Crippen molar-refractivity contribution in [2.24, 2.45) is 5.73 Å². The molecule has 2 N–H and O–H groups in total. The minimum absolute atomic E-state index is 0.0905. The number of carbonyl (C=O) groups is 1. The van der Waals surface area contributed by atoms with Crippen molar-refractivity contribution in [2.75, 3.05) is 11.4 Å². The summed E-state index contributed by atoms with van der Waals surface area (Å²) in [5, 5.41) is 1.03. The molecule has 0 fully saturated rings. The normalized spacial score (nSPS) is 15.3. The summed E-state index contributed by atoms with van der Waals surface area (Å²) in [6.07, 6.45) is 0.447. The molecule has 1 amide bonds. The van der Waals surface area contributed by atoms with Gasteiger partial charge in [-0.25, -0.2) is 0 Å². The van der Waals surface area contributed by atoms with Crippen LogP contribution in [0.3, 0.4) is 0 Å².